The Bertz CT molecular complexity index is 161. The van der Waals surface area contributed by atoms with Crippen molar-refractivity contribution in [3.8, 4) is 0 Å². The van der Waals surface area contributed by atoms with E-state index >= 15 is 0 Å². The molecule has 0 aromatic rings. The van der Waals surface area contributed by atoms with Crippen LogP contribution in [0.1, 0.15) is 27.7 Å². The summed E-state index contributed by atoms with van der Waals surface area (Å²) in [6, 6.07) is 0. The molecule has 0 saturated carbocycles. The molecule has 4 nitrogen and oxygen atoms in total. The van der Waals surface area contributed by atoms with Crippen molar-refractivity contribution in [2.75, 3.05) is 26.3 Å². The van der Waals surface area contributed by atoms with Crippen LogP contribution in [-0.4, -0.2) is 31.0 Å². The van der Waals surface area contributed by atoms with Gasteiger partial charge in [0.05, 0.1) is 13.2 Å². The highest BCUT2D eigenvalue weighted by molar-refractivity contribution is 7.51. The molecular formula is C8H20NO3P. The van der Waals surface area contributed by atoms with Crippen LogP contribution in [0.15, 0.2) is 0 Å². The summed E-state index contributed by atoms with van der Waals surface area (Å²) < 4.78 is 24.1. The van der Waals surface area contributed by atoms with Crippen molar-refractivity contribution in [2.45, 2.75) is 27.7 Å². The zero-order valence-electron chi connectivity index (χ0n) is 8.95. The Morgan fingerprint density at radius 3 is 1.62 bits per heavy atom. The zero-order valence-corrected chi connectivity index (χ0v) is 9.84. The minimum absolute atomic E-state index is 0.410. The van der Waals surface area contributed by atoms with Gasteiger partial charge in [0.1, 0.15) is 0 Å². The monoisotopic (exact) mass is 209 g/mol. The predicted octanol–water partition coefficient (Wildman–Crippen LogP) is 2.51. The van der Waals surface area contributed by atoms with Gasteiger partial charge in [-0.1, -0.05) is 13.8 Å². The van der Waals surface area contributed by atoms with Crippen LogP contribution in [0, 0.1) is 0 Å². The molecule has 0 aliphatic rings. The molecule has 0 unspecified atom stereocenters. The van der Waals surface area contributed by atoms with Crippen LogP contribution in [0.4, 0.5) is 0 Å². The fourth-order valence-electron chi connectivity index (χ4n) is 1.10. The fraction of sp³-hybridized carbons (Fsp3) is 1.00. The molecule has 0 aliphatic carbocycles. The molecule has 13 heavy (non-hydrogen) atoms. The van der Waals surface area contributed by atoms with Gasteiger partial charge in [-0.3, -0.25) is 9.05 Å². The second kappa shape index (κ2) is 6.55. The maximum atomic E-state index is 12.1. The van der Waals surface area contributed by atoms with Crippen LogP contribution in [0.25, 0.3) is 0 Å². The first kappa shape index (κ1) is 13.1. The Kier molecular flexibility index (Phi) is 6.60. The highest BCUT2D eigenvalue weighted by Gasteiger charge is 2.30. The van der Waals surface area contributed by atoms with Gasteiger partial charge in [-0.15, -0.1) is 0 Å². The van der Waals surface area contributed by atoms with Crippen LogP contribution in [-0.2, 0) is 13.6 Å². The molecule has 0 heterocycles. The van der Waals surface area contributed by atoms with Gasteiger partial charge in [-0.05, 0) is 13.8 Å². The van der Waals surface area contributed by atoms with Gasteiger partial charge in [-0.2, -0.15) is 0 Å². The average molecular weight is 209 g/mol. The van der Waals surface area contributed by atoms with Gasteiger partial charge >= 0.3 is 7.75 Å². The molecule has 0 radical (unpaired) electrons. The van der Waals surface area contributed by atoms with E-state index in [1.807, 2.05) is 27.7 Å². The van der Waals surface area contributed by atoms with E-state index in [2.05, 4.69) is 0 Å². The smallest absolute Gasteiger partial charge is 0.297 e. The first-order valence-corrected chi connectivity index (χ1v) is 6.28. The number of hydrogen-bond donors (Lipinski definition) is 0. The van der Waals surface area contributed by atoms with Gasteiger partial charge in [0.15, 0.2) is 0 Å². The molecule has 0 bridgehead atoms. The Labute approximate surface area is 80.8 Å². The summed E-state index contributed by atoms with van der Waals surface area (Å²) in [6.07, 6.45) is 0. The third-order valence-electron chi connectivity index (χ3n) is 1.66. The lowest BCUT2D eigenvalue weighted by molar-refractivity contribution is 0.171. The van der Waals surface area contributed by atoms with Gasteiger partial charge < -0.3 is 0 Å². The van der Waals surface area contributed by atoms with Crippen molar-refractivity contribution in [2.24, 2.45) is 0 Å². The summed E-state index contributed by atoms with van der Waals surface area (Å²) in [4.78, 5) is 0. The van der Waals surface area contributed by atoms with Crippen LogP contribution in [0.3, 0.4) is 0 Å². The molecule has 0 aromatic carbocycles. The molecule has 0 atom stereocenters. The Morgan fingerprint density at radius 2 is 1.38 bits per heavy atom. The lowest BCUT2D eigenvalue weighted by Crippen LogP contribution is -2.22. The van der Waals surface area contributed by atoms with E-state index in [4.69, 9.17) is 9.05 Å². The number of rotatable bonds is 7. The summed E-state index contributed by atoms with van der Waals surface area (Å²) in [5.41, 5.74) is 0. The van der Waals surface area contributed by atoms with Crippen LogP contribution < -0.4 is 0 Å². The van der Waals surface area contributed by atoms with E-state index in [1.165, 1.54) is 0 Å². The van der Waals surface area contributed by atoms with Crippen molar-refractivity contribution in [3.63, 3.8) is 0 Å². The second-order valence-electron chi connectivity index (χ2n) is 2.44. The highest BCUT2D eigenvalue weighted by atomic mass is 31.2. The maximum absolute atomic E-state index is 12.1. The normalized spacial score (nSPS) is 12.4. The third-order valence-corrected chi connectivity index (χ3v) is 4.09. The standard InChI is InChI=1S/C8H20NO3P/c1-5-9(6-2)13(10,11-7-3)12-8-4/h5-8H2,1-4H3. The predicted molar refractivity (Wildman–Crippen MR) is 53.8 cm³/mol. The molecule has 80 valence electrons. The van der Waals surface area contributed by atoms with Crippen molar-refractivity contribution in [1.29, 1.82) is 0 Å². The molecular weight excluding hydrogens is 189 g/mol. The zero-order chi connectivity index (χ0) is 10.3. The summed E-state index contributed by atoms with van der Waals surface area (Å²) in [7, 11) is -3.00. The molecule has 0 N–H and O–H groups in total. The van der Waals surface area contributed by atoms with Gasteiger partial charge in [-0.25, -0.2) is 9.24 Å². The van der Waals surface area contributed by atoms with E-state index in [9.17, 15) is 4.57 Å². The quantitative estimate of drug-likeness (QED) is 0.604. The Balaban J connectivity index is 4.44. The van der Waals surface area contributed by atoms with Crippen molar-refractivity contribution in [1.82, 2.24) is 4.67 Å². The Morgan fingerprint density at radius 1 is 1.00 bits per heavy atom. The minimum Gasteiger partial charge on any atom is -0.297 e. The van der Waals surface area contributed by atoms with Crippen LogP contribution in [0.5, 0.6) is 0 Å². The van der Waals surface area contributed by atoms with Crippen LogP contribution in [0.2, 0.25) is 0 Å². The van der Waals surface area contributed by atoms with E-state index in [1.54, 1.807) is 4.67 Å². The molecule has 0 rings (SSSR count). The number of nitrogens with zero attached hydrogens (tertiary/aromatic N) is 1. The first-order chi connectivity index (χ1) is 6.14. The summed E-state index contributed by atoms with van der Waals surface area (Å²) in [5.74, 6) is 0. The van der Waals surface area contributed by atoms with E-state index < -0.39 is 7.75 Å². The largest absolute Gasteiger partial charge is 0.408 e. The second-order valence-corrected chi connectivity index (χ2v) is 4.46. The molecule has 0 amide bonds. The van der Waals surface area contributed by atoms with Gasteiger partial charge in [0.25, 0.3) is 0 Å². The summed E-state index contributed by atoms with van der Waals surface area (Å²) in [6.45, 7) is 9.68. The van der Waals surface area contributed by atoms with Crippen molar-refractivity contribution < 1.29 is 13.6 Å². The van der Waals surface area contributed by atoms with Gasteiger partial charge in [0, 0.05) is 13.1 Å². The average Bonchev–Trinajstić information content (AvgIpc) is 2.07. The lowest BCUT2D eigenvalue weighted by atomic mass is 10.7. The first-order valence-electron chi connectivity index (χ1n) is 4.79. The molecule has 0 fully saturated rings. The van der Waals surface area contributed by atoms with Gasteiger partial charge in [0.2, 0.25) is 0 Å². The fourth-order valence-corrected chi connectivity index (χ4v) is 2.84. The van der Waals surface area contributed by atoms with Crippen molar-refractivity contribution >= 4 is 7.75 Å². The highest BCUT2D eigenvalue weighted by Crippen LogP contribution is 2.51. The molecule has 0 aromatic heterocycles. The van der Waals surface area contributed by atoms with E-state index in [0.717, 1.165) is 0 Å². The molecule has 0 spiro atoms. The minimum atomic E-state index is -3.00. The van der Waals surface area contributed by atoms with Crippen LogP contribution >= 0.6 is 7.75 Å². The topological polar surface area (TPSA) is 38.8 Å². The summed E-state index contributed by atoms with van der Waals surface area (Å²) >= 11 is 0. The van der Waals surface area contributed by atoms with Crippen molar-refractivity contribution in [3.05, 3.63) is 0 Å². The molecule has 5 heteroatoms. The number of hydrogen-bond acceptors (Lipinski definition) is 3. The lowest BCUT2D eigenvalue weighted by Gasteiger charge is -2.27. The third kappa shape index (κ3) is 3.77. The molecule has 0 aliphatic heterocycles. The Hall–Kier alpha value is 0.110. The van der Waals surface area contributed by atoms with E-state index in [0.29, 0.717) is 26.3 Å². The maximum Gasteiger partial charge on any atom is 0.408 e. The SMILES string of the molecule is CCOP(=O)(OCC)N(CC)CC. The van der Waals surface area contributed by atoms with E-state index in [-0.39, 0.29) is 0 Å². The molecule has 0 saturated heterocycles. The summed E-state index contributed by atoms with van der Waals surface area (Å²) in [5, 5.41) is 0.